The Balaban J connectivity index is 1.42. The highest BCUT2D eigenvalue weighted by Crippen LogP contribution is 2.26. The largest absolute Gasteiger partial charge is 0.497 e. The number of ether oxygens (including phenoxy) is 2. The van der Waals surface area contributed by atoms with Gasteiger partial charge in [0.1, 0.15) is 11.5 Å². The molecule has 0 aliphatic heterocycles. The lowest BCUT2D eigenvalue weighted by molar-refractivity contribution is 0.102. The molecular formula is C28H25BrN2O5S. The van der Waals surface area contributed by atoms with Crippen LogP contribution in [0.1, 0.15) is 15.9 Å². The van der Waals surface area contributed by atoms with Gasteiger partial charge in [-0.15, -0.1) is 0 Å². The van der Waals surface area contributed by atoms with E-state index in [-0.39, 0.29) is 10.8 Å². The topological polar surface area (TPSA) is 93.7 Å². The van der Waals surface area contributed by atoms with E-state index >= 15 is 0 Å². The van der Waals surface area contributed by atoms with E-state index in [1.165, 1.54) is 31.4 Å². The average molecular weight is 581 g/mol. The van der Waals surface area contributed by atoms with Crippen molar-refractivity contribution in [2.45, 2.75) is 11.3 Å². The number of methoxy groups -OCH3 is 1. The fourth-order valence-electron chi connectivity index (χ4n) is 3.52. The number of rotatable bonds is 10. The van der Waals surface area contributed by atoms with Gasteiger partial charge in [-0.25, -0.2) is 8.42 Å². The van der Waals surface area contributed by atoms with Gasteiger partial charge in [-0.3, -0.25) is 9.52 Å². The zero-order valence-corrected chi connectivity index (χ0v) is 22.4. The standard InChI is InChI=1S/C28H25BrN2O5S/c1-35-24-12-8-23(9-13-24)31-37(33,34)25-14-10-22(11-15-25)30-28(32)26-19-21(29)7-16-27(26)36-18-17-20-5-3-2-4-6-20/h2-16,19,31H,17-18H2,1H3,(H,30,32). The van der Waals surface area contributed by atoms with E-state index in [4.69, 9.17) is 9.47 Å². The summed E-state index contributed by atoms with van der Waals surface area (Å²) in [5.41, 5.74) is 2.36. The molecule has 0 aliphatic rings. The molecule has 0 radical (unpaired) electrons. The summed E-state index contributed by atoms with van der Waals surface area (Å²) in [5.74, 6) is 0.709. The third-order valence-electron chi connectivity index (χ3n) is 5.44. The zero-order valence-electron chi connectivity index (χ0n) is 20.0. The number of hydrogen-bond acceptors (Lipinski definition) is 5. The van der Waals surface area contributed by atoms with Gasteiger partial charge in [0.25, 0.3) is 15.9 Å². The van der Waals surface area contributed by atoms with Crippen LogP contribution < -0.4 is 19.5 Å². The quantitative estimate of drug-likeness (QED) is 0.235. The maximum Gasteiger partial charge on any atom is 0.261 e. The Labute approximate surface area is 224 Å². The summed E-state index contributed by atoms with van der Waals surface area (Å²) < 4.78 is 39.8. The minimum atomic E-state index is -3.81. The summed E-state index contributed by atoms with van der Waals surface area (Å²) in [6.07, 6.45) is 0.707. The lowest BCUT2D eigenvalue weighted by atomic mass is 10.1. The van der Waals surface area contributed by atoms with Crippen molar-refractivity contribution in [1.82, 2.24) is 0 Å². The maximum atomic E-state index is 13.0. The van der Waals surface area contributed by atoms with Crippen LogP contribution >= 0.6 is 15.9 Å². The molecule has 0 unspecified atom stereocenters. The molecule has 4 aromatic rings. The molecule has 7 nitrogen and oxygen atoms in total. The van der Waals surface area contributed by atoms with Crippen LogP contribution in [0.25, 0.3) is 0 Å². The zero-order chi connectivity index (χ0) is 26.3. The van der Waals surface area contributed by atoms with Crippen LogP contribution in [-0.4, -0.2) is 28.0 Å². The van der Waals surface area contributed by atoms with Gasteiger partial charge in [-0.1, -0.05) is 46.3 Å². The van der Waals surface area contributed by atoms with Gasteiger partial charge >= 0.3 is 0 Å². The molecule has 2 N–H and O–H groups in total. The van der Waals surface area contributed by atoms with Crippen LogP contribution in [0.15, 0.2) is 106 Å². The highest BCUT2D eigenvalue weighted by Gasteiger charge is 2.17. The number of nitrogens with one attached hydrogen (secondary N) is 2. The van der Waals surface area contributed by atoms with Crippen molar-refractivity contribution in [1.29, 1.82) is 0 Å². The summed E-state index contributed by atoms with van der Waals surface area (Å²) in [6.45, 7) is 0.416. The van der Waals surface area contributed by atoms with Crippen molar-refractivity contribution in [3.63, 3.8) is 0 Å². The molecular weight excluding hydrogens is 556 g/mol. The summed E-state index contributed by atoms with van der Waals surface area (Å²) in [6, 6.07) is 27.7. The number of anilines is 2. The van der Waals surface area contributed by atoms with Crippen LogP contribution in [0.4, 0.5) is 11.4 Å². The second-order valence-electron chi connectivity index (χ2n) is 8.04. The Bertz CT molecular complexity index is 1460. The second-order valence-corrected chi connectivity index (χ2v) is 10.6. The van der Waals surface area contributed by atoms with Crippen molar-refractivity contribution in [2.24, 2.45) is 0 Å². The van der Waals surface area contributed by atoms with E-state index in [0.29, 0.717) is 41.5 Å². The first-order valence-corrected chi connectivity index (χ1v) is 13.7. The van der Waals surface area contributed by atoms with Crippen LogP contribution in [0.3, 0.4) is 0 Å². The molecule has 0 spiro atoms. The van der Waals surface area contributed by atoms with E-state index in [2.05, 4.69) is 26.0 Å². The van der Waals surface area contributed by atoms with E-state index in [9.17, 15) is 13.2 Å². The number of amides is 1. The fourth-order valence-corrected chi connectivity index (χ4v) is 4.94. The van der Waals surface area contributed by atoms with Crippen LogP contribution in [-0.2, 0) is 16.4 Å². The molecule has 1 amide bonds. The number of carbonyl (C=O) groups is 1. The molecule has 0 aromatic heterocycles. The van der Waals surface area contributed by atoms with Gasteiger partial charge in [0.2, 0.25) is 0 Å². The first-order valence-electron chi connectivity index (χ1n) is 11.4. The number of sulfonamides is 1. The average Bonchev–Trinajstić information content (AvgIpc) is 2.90. The molecule has 4 rings (SSSR count). The van der Waals surface area contributed by atoms with Crippen molar-refractivity contribution < 1.29 is 22.7 Å². The first-order chi connectivity index (χ1) is 17.8. The lowest BCUT2D eigenvalue weighted by Gasteiger charge is -2.13. The van der Waals surface area contributed by atoms with E-state index in [1.54, 1.807) is 36.4 Å². The molecule has 4 aromatic carbocycles. The molecule has 37 heavy (non-hydrogen) atoms. The van der Waals surface area contributed by atoms with Crippen molar-refractivity contribution >= 4 is 43.2 Å². The first kappa shape index (κ1) is 26.2. The van der Waals surface area contributed by atoms with Crippen molar-refractivity contribution in [2.75, 3.05) is 23.8 Å². The van der Waals surface area contributed by atoms with E-state index < -0.39 is 10.0 Å². The third-order valence-corrected chi connectivity index (χ3v) is 7.33. The normalized spacial score (nSPS) is 11.0. The highest BCUT2D eigenvalue weighted by atomic mass is 79.9. The lowest BCUT2D eigenvalue weighted by Crippen LogP contribution is -2.15. The van der Waals surface area contributed by atoms with Crippen LogP contribution in [0.5, 0.6) is 11.5 Å². The van der Waals surface area contributed by atoms with Gasteiger partial charge in [0.05, 0.1) is 24.2 Å². The Morgan fingerprint density at radius 3 is 2.22 bits per heavy atom. The predicted molar refractivity (Wildman–Crippen MR) is 148 cm³/mol. The minimum absolute atomic E-state index is 0.0636. The third kappa shape index (κ3) is 7.12. The van der Waals surface area contributed by atoms with Crippen molar-refractivity contribution in [3.8, 4) is 11.5 Å². The van der Waals surface area contributed by atoms with Crippen LogP contribution in [0, 0.1) is 0 Å². The van der Waals surface area contributed by atoms with Gasteiger partial charge in [0, 0.05) is 22.3 Å². The van der Waals surface area contributed by atoms with Crippen LogP contribution in [0.2, 0.25) is 0 Å². The number of hydrogen-bond donors (Lipinski definition) is 2. The molecule has 0 bridgehead atoms. The Morgan fingerprint density at radius 2 is 1.54 bits per heavy atom. The Morgan fingerprint density at radius 1 is 0.865 bits per heavy atom. The second kappa shape index (κ2) is 11.9. The highest BCUT2D eigenvalue weighted by molar-refractivity contribution is 9.10. The predicted octanol–water partition coefficient (Wildman–Crippen LogP) is 6.13. The summed E-state index contributed by atoms with van der Waals surface area (Å²) >= 11 is 3.41. The number of benzene rings is 4. The minimum Gasteiger partial charge on any atom is -0.497 e. The summed E-state index contributed by atoms with van der Waals surface area (Å²) in [7, 11) is -2.27. The molecule has 0 aliphatic carbocycles. The molecule has 190 valence electrons. The fraction of sp³-hybridized carbons (Fsp3) is 0.107. The Kier molecular flexibility index (Phi) is 8.47. The van der Waals surface area contributed by atoms with E-state index in [1.807, 2.05) is 36.4 Å². The maximum absolute atomic E-state index is 13.0. The SMILES string of the molecule is COc1ccc(NS(=O)(=O)c2ccc(NC(=O)c3cc(Br)ccc3OCCc3ccccc3)cc2)cc1. The monoisotopic (exact) mass is 580 g/mol. The Hall–Kier alpha value is -3.82. The van der Waals surface area contributed by atoms with Gasteiger partial charge in [-0.05, 0) is 72.3 Å². The number of halogens is 1. The summed E-state index contributed by atoms with van der Waals surface area (Å²) in [5, 5.41) is 2.81. The molecule has 0 atom stereocenters. The van der Waals surface area contributed by atoms with E-state index in [0.717, 1.165) is 10.0 Å². The van der Waals surface area contributed by atoms with Gasteiger partial charge in [-0.2, -0.15) is 0 Å². The molecule has 0 heterocycles. The molecule has 9 heteroatoms. The van der Waals surface area contributed by atoms with Gasteiger partial charge < -0.3 is 14.8 Å². The summed E-state index contributed by atoms with van der Waals surface area (Å²) in [4.78, 5) is 13.1. The smallest absolute Gasteiger partial charge is 0.261 e. The van der Waals surface area contributed by atoms with Crippen molar-refractivity contribution in [3.05, 3.63) is 113 Å². The van der Waals surface area contributed by atoms with Gasteiger partial charge in [0.15, 0.2) is 0 Å². The number of carbonyl (C=O) groups excluding carboxylic acids is 1. The molecule has 0 saturated heterocycles. The molecule has 0 fully saturated rings. The molecule has 0 saturated carbocycles.